The SMILES string of the molecule is CC(C)NC(=O)c1cccc(Oc2ccnc(Cl)c2)n1. The van der Waals surface area contributed by atoms with Gasteiger partial charge in [0.05, 0.1) is 0 Å². The Balaban J connectivity index is 2.15. The third-order valence-electron chi connectivity index (χ3n) is 2.30. The molecular formula is C14H14ClN3O2. The van der Waals surface area contributed by atoms with E-state index in [0.717, 1.165) is 0 Å². The van der Waals surface area contributed by atoms with Crippen LogP contribution < -0.4 is 10.1 Å². The van der Waals surface area contributed by atoms with Gasteiger partial charge in [-0.15, -0.1) is 0 Å². The summed E-state index contributed by atoms with van der Waals surface area (Å²) in [6.07, 6.45) is 1.53. The van der Waals surface area contributed by atoms with Crippen molar-refractivity contribution in [2.24, 2.45) is 0 Å². The van der Waals surface area contributed by atoms with Crippen LogP contribution in [-0.4, -0.2) is 21.9 Å². The van der Waals surface area contributed by atoms with Crippen LogP contribution in [0.25, 0.3) is 0 Å². The predicted octanol–water partition coefficient (Wildman–Crippen LogP) is 3.06. The van der Waals surface area contributed by atoms with Crippen LogP contribution in [0.1, 0.15) is 24.3 Å². The van der Waals surface area contributed by atoms with Crippen molar-refractivity contribution in [1.82, 2.24) is 15.3 Å². The van der Waals surface area contributed by atoms with Crippen molar-refractivity contribution >= 4 is 17.5 Å². The maximum atomic E-state index is 11.9. The fraction of sp³-hybridized carbons (Fsp3) is 0.214. The largest absolute Gasteiger partial charge is 0.439 e. The van der Waals surface area contributed by atoms with Crippen LogP contribution in [0, 0.1) is 0 Å². The molecule has 2 aromatic rings. The number of ether oxygens (including phenoxy) is 1. The molecule has 0 saturated heterocycles. The first kappa shape index (κ1) is 14.3. The summed E-state index contributed by atoms with van der Waals surface area (Å²) >= 11 is 5.77. The molecule has 5 nitrogen and oxygen atoms in total. The highest BCUT2D eigenvalue weighted by Gasteiger charge is 2.10. The Kier molecular flexibility index (Phi) is 4.53. The Labute approximate surface area is 122 Å². The van der Waals surface area contributed by atoms with Gasteiger partial charge in [0.15, 0.2) is 0 Å². The lowest BCUT2D eigenvalue weighted by Gasteiger charge is -2.09. The number of hydrogen-bond acceptors (Lipinski definition) is 4. The molecule has 0 aromatic carbocycles. The Morgan fingerprint density at radius 2 is 2.15 bits per heavy atom. The van der Waals surface area contributed by atoms with E-state index in [-0.39, 0.29) is 11.9 Å². The summed E-state index contributed by atoms with van der Waals surface area (Å²) in [4.78, 5) is 19.9. The molecule has 6 heteroatoms. The van der Waals surface area contributed by atoms with E-state index in [1.807, 2.05) is 13.8 Å². The molecular weight excluding hydrogens is 278 g/mol. The minimum Gasteiger partial charge on any atom is -0.439 e. The summed E-state index contributed by atoms with van der Waals surface area (Å²) in [6.45, 7) is 3.77. The number of rotatable bonds is 4. The lowest BCUT2D eigenvalue weighted by atomic mass is 10.3. The highest BCUT2D eigenvalue weighted by atomic mass is 35.5. The van der Waals surface area contributed by atoms with Gasteiger partial charge >= 0.3 is 0 Å². The van der Waals surface area contributed by atoms with Crippen molar-refractivity contribution in [2.75, 3.05) is 0 Å². The highest BCUT2D eigenvalue weighted by Crippen LogP contribution is 2.21. The summed E-state index contributed by atoms with van der Waals surface area (Å²) in [5.41, 5.74) is 0.302. The zero-order chi connectivity index (χ0) is 14.5. The first-order valence-electron chi connectivity index (χ1n) is 6.12. The molecule has 2 aromatic heterocycles. The zero-order valence-electron chi connectivity index (χ0n) is 11.1. The standard InChI is InChI=1S/C14H14ClN3O2/c1-9(2)17-14(19)11-4-3-5-13(18-11)20-10-6-7-16-12(15)8-10/h3-9H,1-2H3,(H,17,19). The Morgan fingerprint density at radius 3 is 2.85 bits per heavy atom. The summed E-state index contributed by atoms with van der Waals surface area (Å²) < 4.78 is 5.54. The molecule has 0 unspecified atom stereocenters. The van der Waals surface area contributed by atoms with Gasteiger partial charge in [0.1, 0.15) is 16.6 Å². The van der Waals surface area contributed by atoms with Crippen LogP contribution in [-0.2, 0) is 0 Å². The topological polar surface area (TPSA) is 64.1 Å². The van der Waals surface area contributed by atoms with Gasteiger partial charge in [-0.05, 0) is 26.0 Å². The van der Waals surface area contributed by atoms with Crippen molar-refractivity contribution in [3.8, 4) is 11.6 Å². The van der Waals surface area contributed by atoms with Gasteiger partial charge in [-0.1, -0.05) is 17.7 Å². The molecule has 0 aliphatic heterocycles. The van der Waals surface area contributed by atoms with Gasteiger partial charge < -0.3 is 10.1 Å². The lowest BCUT2D eigenvalue weighted by Crippen LogP contribution is -2.30. The second kappa shape index (κ2) is 6.34. The van der Waals surface area contributed by atoms with Crippen LogP contribution in [0.4, 0.5) is 0 Å². The summed E-state index contributed by atoms with van der Waals surface area (Å²) in [5.74, 6) is 0.598. The van der Waals surface area contributed by atoms with Gasteiger partial charge in [-0.2, -0.15) is 0 Å². The summed E-state index contributed by atoms with van der Waals surface area (Å²) in [5, 5.41) is 3.10. The minimum absolute atomic E-state index is 0.0490. The third-order valence-corrected chi connectivity index (χ3v) is 2.50. The van der Waals surface area contributed by atoms with E-state index in [2.05, 4.69) is 15.3 Å². The van der Waals surface area contributed by atoms with Crippen LogP contribution in [0.3, 0.4) is 0 Å². The molecule has 0 radical (unpaired) electrons. The quantitative estimate of drug-likeness (QED) is 0.879. The number of amides is 1. The molecule has 0 aliphatic carbocycles. The predicted molar refractivity (Wildman–Crippen MR) is 76.2 cm³/mol. The molecule has 20 heavy (non-hydrogen) atoms. The van der Waals surface area contributed by atoms with E-state index in [1.54, 1.807) is 30.3 Å². The van der Waals surface area contributed by atoms with E-state index in [0.29, 0.717) is 22.5 Å². The number of nitrogens with zero attached hydrogens (tertiary/aromatic N) is 2. The number of pyridine rings is 2. The number of carbonyl (C=O) groups excluding carboxylic acids is 1. The van der Waals surface area contributed by atoms with Crippen LogP contribution in [0.5, 0.6) is 11.6 Å². The van der Waals surface area contributed by atoms with Crippen molar-refractivity contribution in [3.63, 3.8) is 0 Å². The molecule has 104 valence electrons. The fourth-order valence-electron chi connectivity index (χ4n) is 1.50. The van der Waals surface area contributed by atoms with Crippen molar-refractivity contribution in [3.05, 3.63) is 47.4 Å². The fourth-order valence-corrected chi connectivity index (χ4v) is 1.67. The van der Waals surface area contributed by atoms with Crippen molar-refractivity contribution < 1.29 is 9.53 Å². The molecule has 0 fully saturated rings. The van der Waals surface area contributed by atoms with Gasteiger partial charge in [0.2, 0.25) is 5.88 Å². The normalized spacial score (nSPS) is 10.4. The molecule has 0 saturated carbocycles. The summed E-state index contributed by atoms with van der Waals surface area (Å²) in [7, 11) is 0. The molecule has 1 amide bonds. The van der Waals surface area contributed by atoms with Gasteiger partial charge in [0.25, 0.3) is 5.91 Å². The smallest absolute Gasteiger partial charge is 0.270 e. The van der Waals surface area contributed by atoms with Gasteiger partial charge in [-0.3, -0.25) is 4.79 Å². The first-order chi connectivity index (χ1) is 9.54. The van der Waals surface area contributed by atoms with Crippen LogP contribution >= 0.6 is 11.6 Å². The van der Waals surface area contributed by atoms with E-state index in [9.17, 15) is 4.79 Å². The molecule has 0 aliphatic rings. The second-order valence-corrected chi connectivity index (χ2v) is 4.79. The molecule has 0 spiro atoms. The number of halogens is 1. The number of nitrogens with one attached hydrogen (secondary N) is 1. The lowest BCUT2D eigenvalue weighted by molar-refractivity contribution is 0.0937. The first-order valence-corrected chi connectivity index (χ1v) is 6.50. The zero-order valence-corrected chi connectivity index (χ0v) is 11.9. The number of carbonyl (C=O) groups is 1. The van der Waals surface area contributed by atoms with Crippen molar-refractivity contribution in [2.45, 2.75) is 19.9 Å². The Hall–Kier alpha value is -2.14. The maximum Gasteiger partial charge on any atom is 0.270 e. The van der Waals surface area contributed by atoms with Crippen LogP contribution in [0.2, 0.25) is 5.15 Å². The van der Waals surface area contributed by atoms with Crippen molar-refractivity contribution in [1.29, 1.82) is 0 Å². The number of hydrogen-bond donors (Lipinski definition) is 1. The van der Waals surface area contributed by atoms with E-state index in [4.69, 9.17) is 16.3 Å². The molecule has 0 bridgehead atoms. The van der Waals surface area contributed by atoms with Crippen LogP contribution in [0.15, 0.2) is 36.5 Å². The Morgan fingerprint density at radius 1 is 1.35 bits per heavy atom. The maximum absolute atomic E-state index is 11.9. The van der Waals surface area contributed by atoms with E-state index < -0.39 is 0 Å². The van der Waals surface area contributed by atoms with E-state index in [1.165, 1.54) is 6.20 Å². The molecule has 2 rings (SSSR count). The Bertz CT molecular complexity index is 617. The molecule has 1 N–H and O–H groups in total. The third kappa shape index (κ3) is 3.93. The van der Waals surface area contributed by atoms with Gasteiger partial charge in [-0.25, -0.2) is 9.97 Å². The minimum atomic E-state index is -0.238. The average Bonchev–Trinajstić information content (AvgIpc) is 2.38. The summed E-state index contributed by atoms with van der Waals surface area (Å²) in [6, 6.07) is 8.29. The molecule has 0 atom stereocenters. The van der Waals surface area contributed by atoms with Gasteiger partial charge in [0, 0.05) is 24.4 Å². The highest BCUT2D eigenvalue weighted by molar-refractivity contribution is 6.29. The average molecular weight is 292 g/mol. The number of aromatic nitrogens is 2. The molecule has 2 heterocycles. The van der Waals surface area contributed by atoms with E-state index >= 15 is 0 Å². The monoisotopic (exact) mass is 291 g/mol. The second-order valence-electron chi connectivity index (χ2n) is 4.41.